The number of allylic oxidation sites excluding steroid dienone is 2. The molecule has 3 heteroatoms. The summed E-state index contributed by atoms with van der Waals surface area (Å²) < 4.78 is 11.5. The smallest absolute Gasteiger partial charge is 0.318 e. The highest BCUT2D eigenvalue weighted by Gasteiger charge is 2.35. The number of rotatable bonds is 4. The van der Waals surface area contributed by atoms with Gasteiger partial charge in [0.25, 0.3) is 5.95 Å². The highest BCUT2D eigenvalue weighted by molar-refractivity contribution is 5.77. The third-order valence-corrected chi connectivity index (χ3v) is 4.49. The molecule has 21 heavy (non-hydrogen) atoms. The van der Waals surface area contributed by atoms with E-state index in [0.29, 0.717) is 30.1 Å². The van der Waals surface area contributed by atoms with Gasteiger partial charge in [-0.15, -0.1) is 0 Å². The molecule has 0 aromatic rings. The van der Waals surface area contributed by atoms with Gasteiger partial charge in [-0.25, -0.2) is 0 Å². The Hall–Kier alpha value is -1.25. The van der Waals surface area contributed by atoms with E-state index in [1.807, 2.05) is 19.9 Å². The van der Waals surface area contributed by atoms with Gasteiger partial charge in [0.05, 0.1) is 6.42 Å². The molecule has 3 unspecified atom stereocenters. The van der Waals surface area contributed by atoms with Crippen LogP contribution in [0.3, 0.4) is 0 Å². The van der Waals surface area contributed by atoms with E-state index in [1.54, 1.807) is 0 Å². The van der Waals surface area contributed by atoms with Crippen LogP contribution in [0.25, 0.3) is 0 Å². The molecule has 3 atom stereocenters. The van der Waals surface area contributed by atoms with Crippen LogP contribution < -0.4 is 0 Å². The summed E-state index contributed by atoms with van der Waals surface area (Å²) in [4.78, 5) is 11.6. The highest BCUT2D eigenvalue weighted by atomic mass is 16.7. The Morgan fingerprint density at radius 2 is 2.05 bits per heavy atom. The van der Waals surface area contributed by atoms with Crippen LogP contribution >= 0.6 is 0 Å². The molecule has 0 N–H and O–H groups in total. The van der Waals surface area contributed by atoms with E-state index in [4.69, 9.17) is 9.47 Å². The van der Waals surface area contributed by atoms with E-state index < -0.39 is 0 Å². The SMILES string of the molecule is CC(C)=CC1=C(OC2CC(C)CCC2C(C)C)OC(=O)C1. The van der Waals surface area contributed by atoms with E-state index in [0.717, 1.165) is 17.6 Å². The standard InChI is InChI=1S/C18H28O3/c1-11(2)8-14-10-17(19)21-18(14)20-16-9-13(5)6-7-15(16)12(3)4/h8,12-13,15-16H,6-7,9-10H2,1-5H3. The van der Waals surface area contributed by atoms with Crippen LogP contribution in [0.5, 0.6) is 0 Å². The van der Waals surface area contributed by atoms with Crippen LogP contribution in [-0.2, 0) is 14.3 Å². The maximum Gasteiger partial charge on any atom is 0.318 e. The number of carbonyl (C=O) groups is 1. The number of carbonyl (C=O) groups excluding carboxylic acids is 1. The van der Waals surface area contributed by atoms with Gasteiger partial charge in [0.2, 0.25) is 0 Å². The first-order chi connectivity index (χ1) is 9.86. The molecule has 1 saturated carbocycles. The van der Waals surface area contributed by atoms with E-state index >= 15 is 0 Å². The molecule has 0 aromatic carbocycles. The monoisotopic (exact) mass is 292 g/mol. The predicted molar refractivity (Wildman–Crippen MR) is 83.4 cm³/mol. The molecular weight excluding hydrogens is 264 g/mol. The second kappa shape index (κ2) is 6.67. The number of ether oxygens (including phenoxy) is 2. The van der Waals surface area contributed by atoms with Gasteiger partial charge in [-0.1, -0.05) is 38.8 Å². The molecule has 0 amide bonds. The van der Waals surface area contributed by atoms with Crippen molar-refractivity contribution in [3.63, 3.8) is 0 Å². The van der Waals surface area contributed by atoms with Gasteiger partial charge in [0, 0.05) is 5.57 Å². The molecule has 0 aromatic heterocycles. The first-order valence-electron chi connectivity index (χ1n) is 8.12. The quantitative estimate of drug-likeness (QED) is 0.711. The van der Waals surface area contributed by atoms with Crippen molar-refractivity contribution in [2.75, 3.05) is 0 Å². The van der Waals surface area contributed by atoms with Crippen LogP contribution in [0.2, 0.25) is 0 Å². The molecule has 1 aliphatic carbocycles. The lowest BCUT2D eigenvalue weighted by Gasteiger charge is -2.37. The van der Waals surface area contributed by atoms with Gasteiger partial charge in [-0.2, -0.15) is 0 Å². The minimum Gasteiger partial charge on any atom is -0.461 e. The first kappa shape index (κ1) is 16.1. The lowest BCUT2D eigenvalue weighted by atomic mass is 9.75. The average molecular weight is 292 g/mol. The molecule has 0 saturated heterocycles. The van der Waals surface area contributed by atoms with Crippen molar-refractivity contribution >= 4 is 5.97 Å². The van der Waals surface area contributed by atoms with Gasteiger partial charge >= 0.3 is 5.97 Å². The second-order valence-corrected chi connectivity index (χ2v) is 7.17. The third kappa shape index (κ3) is 4.12. The molecule has 1 heterocycles. The van der Waals surface area contributed by atoms with Crippen LogP contribution in [0.15, 0.2) is 23.2 Å². The fourth-order valence-electron chi connectivity index (χ4n) is 3.38. The second-order valence-electron chi connectivity index (χ2n) is 7.17. The molecule has 3 nitrogen and oxygen atoms in total. The zero-order valence-corrected chi connectivity index (χ0v) is 13.9. The number of esters is 1. The van der Waals surface area contributed by atoms with Crippen molar-refractivity contribution < 1.29 is 14.3 Å². The molecule has 1 aliphatic heterocycles. The number of cyclic esters (lactones) is 1. The Kier molecular flexibility index (Phi) is 5.13. The Morgan fingerprint density at radius 1 is 1.33 bits per heavy atom. The van der Waals surface area contributed by atoms with Gasteiger partial charge in [-0.3, -0.25) is 4.79 Å². The first-order valence-corrected chi connectivity index (χ1v) is 8.12. The Labute approximate surface area is 128 Å². The summed E-state index contributed by atoms with van der Waals surface area (Å²) in [6, 6.07) is 0. The third-order valence-electron chi connectivity index (χ3n) is 4.49. The van der Waals surface area contributed by atoms with E-state index in [-0.39, 0.29) is 12.1 Å². The van der Waals surface area contributed by atoms with Crippen LogP contribution in [0.1, 0.15) is 60.3 Å². The van der Waals surface area contributed by atoms with Crippen molar-refractivity contribution in [3.05, 3.63) is 23.2 Å². The summed E-state index contributed by atoms with van der Waals surface area (Å²) in [5.74, 6) is 2.05. The summed E-state index contributed by atoms with van der Waals surface area (Å²) in [6.07, 6.45) is 6.00. The fraction of sp³-hybridized carbons (Fsp3) is 0.722. The van der Waals surface area contributed by atoms with Gasteiger partial charge < -0.3 is 9.47 Å². The molecule has 2 aliphatic rings. The maximum absolute atomic E-state index is 11.6. The van der Waals surface area contributed by atoms with Crippen molar-refractivity contribution in [1.82, 2.24) is 0 Å². The maximum atomic E-state index is 11.6. The zero-order valence-electron chi connectivity index (χ0n) is 13.9. The van der Waals surface area contributed by atoms with Gasteiger partial charge in [-0.05, 0) is 44.4 Å². The molecule has 2 rings (SSSR count). The molecule has 118 valence electrons. The topological polar surface area (TPSA) is 35.5 Å². The summed E-state index contributed by atoms with van der Waals surface area (Å²) in [6.45, 7) is 10.8. The minimum atomic E-state index is -0.206. The Balaban J connectivity index is 2.16. The van der Waals surface area contributed by atoms with Crippen molar-refractivity contribution in [3.8, 4) is 0 Å². The lowest BCUT2D eigenvalue weighted by molar-refractivity contribution is -0.144. The summed E-state index contributed by atoms with van der Waals surface area (Å²) in [5.41, 5.74) is 2.04. The Bertz CT molecular complexity index is 455. The summed E-state index contributed by atoms with van der Waals surface area (Å²) in [7, 11) is 0. The zero-order chi connectivity index (χ0) is 15.6. The predicted octanol–water partition coefficient (Wildman–Crippen LogP) is 4.59. The lowest BCUT2D eigenvalue weighted by Crippen LogP contribution is -2.34. The molecule has 0 radical (unpaired) electrons. The Morgan fingerprint density at radius 3 is 2.67 bits per heavy atom. The summed E-state index contributed by atoms with van der Waals surface area (Å²) in [5, 5.41) is 0. The van der Waals surface area contributed by atoms with Crippen molar-refractivity contribution in [2.45, 2.75) is 66.4 Å². The van der Waals surface area contributed by atoms with Crippen molar-refractivity contribution in [2.24, 2.45) is 17.8 Å². The van der Waals surface area contributed by atoms with Crippen LogP contribution in [0.4, 0.5) is 0 Å². The molecular formula is C18H28O3. The van der Waals surface area contributed by atoms with E-state index in [9.17, 15) is 4.79 Å². The molecule has 1 fully saturated rings. The average Bonchev–Trinajstić information content (AvgIpc) is 2.68. The van der Waals surface area contributed by atoms with Crippen LogP contribution in [-0.4, -0.2) is 12.1 Å². The van der Waals surface area contributed by atoms with Crippen LogP contribution in [0, 0.1) is 17.8 Å². The molecule has 0 spiro atoms. The van der Waals surface area contributed by atoms with E-state index in [2.05, 4.69) is 20.8 Å². The van der Waals surface area contributed by atoms with E-state index in [1.165, 1.54) is 12.8 Å². The number of hydrogen-bond donors (Lipinski definition) is 0. The summed E-state index contributed by atoms with van der Waals surface area (Å²) >= 11 is 0. The highest BCUT2D eigenvalue weighted by Crippen LogP contribution is 2.38. The van der Waals surface area contributed by atoms with Gasteiger partial charge in [0.1, 0.15) is 6.10 Å². The normalized spacial score (nSPS) is 29.6. The minimum absolute atomic E-state index is 0.162. The number of hydrogen-bond acceptors (Lipinski definition) is 3. The van der Waals surface area contributed by atoms with Crippen molar-refractivity contribution in [1.29, 1.82) is 0 Å². The van der Waals surface area contributed by atoms with Gasteiger partial charge in [0.15, 0.2) is 0 Å². The largest absolute Gasteiger partial charge is 0.461 e. The fourth-order valence-corrected chi connectivity index (χ4v) is 3.38. The molecule has 0 bridgehead atoms.